The Morgan fingerprint density at radius 2 is 2.53 bits per heavy atom. The zero-order chi connectivity index (χ0) is 10.9. The molecule has 1 unspecified atom stereocenters. The van der Waals surface area contributed by atoms with Gasteiger partial charge in [-0.05, 0) is 12.1 Å². The number of nitrogens with one attached hydrogen (secondary N) is 1. The molecule has 1 aromatic rings. The first-order chi connectivity index (χ1) is 7.09. The van der Waals surface area contributed by atoms with Crippen molar-refractivity contribution >= 4 is 5.97 Å². The van der Waals surface area contributed by atoms with Gasteiger partial charge in [0, 0.05) is 19.4 Å². The van der Waals surface area contributed by atoms with E-state index in [1.165, 1.54) is 6.26 Å². The van der Waals surface area contributed by atoms with Crippen molar-refractivity contribution in [3.63, 3.8) is 0 Å². The second-order valence-corrected chi connectivity index (χ2v) is 3.96. The lowest BCUT2D eigenvalue weighted by molar-refractivity contribution is -0.139. The maximum absolute atomic E-state index is 10.7. The Labute approximate surface area is 86.7 Å². The second kappa shape index (κ2) is 3.67. The van der Waals surface area contributed by atoms with E-state index < -0.39 is 17.6 Å². The van der Waals surface area contributed by atoms with Crippen molar-refractivity contribution in [2.45, 2.75) is 24.5 Å². The number of hydrogen-bond donors (Lipinski definition) is 3. The van der Waals surface area contributed by atoms with Crippen LogP contribution in [0.2, 0.25) is 0 Å². The van der Waals surface area contributed by atoms with Crippen LogP contribution in [0.5, 0.6) is 0 Å². The van der Waals surface area contributed by atoms with Crippen LogP contribution in [0.3, 0.4) is 0 Å². The maximum Gasteiger partial charge on any atom is 0.320 e. The molecule has 0 bridgehead atoms. The van der Waals surface area contributed by atoms with Crippen LogP contribution in [0.25, 0.3) is 0 Å². The van der Waals surface area contributed by atoms with Gasteiger partial charge in [-0.1, -0.05) is 0 Å². The van der Waals surface area contributed by atoms with Crippen LogP contribution in [0.15, 0.2) is 22.8 Å². The highest BCUT2D eigenvalue weighted by Gasteiger charge is 2.40. The number of rotatable bonds is 3. The zero-order valence-electron chi connectivity index (χ0n) is 8.14. The first-order valence-electron chi connectivity index (χ1n) is 4.80. The highest BCUT2D eigenvalue weighted by atomic mass is 16.4. The molecule has 1 aliphatic rings. The third-order valence-electron chi connectivity index (χ3n) is 2.64. The standard InChI is InChI=1S/C10H13NO4/c12-9(13)8-5-10(14,6-11-8)4-7-2-1-3-15-7/h1-3,8,11,14H,4-6H2,(H,12,13)/t8-,10?/m0/s1. The summed E-state index contributed by atoms with van der Waals surface area (Å²) in [5.41, 5.74) is -1.01. The maximum atomic E-state index is 10.7. The Balaban J connectivity index is 2.01. The minimum Gasteiger partial charge on any atom is -0.480 e. The van der Waals surface area contributed by atoms with Crippen molar-refractivity contribution in [2.75, 3.05) is 6.54 Å². The Hall–Kier alpha value is -1.33. The van der Waals surface area contributed by atoms with Crippen molar-refractivity contribution in [2.24, 2.45) is 0 Å². The molecular formula is C10H13NO4. The third-order valence-corrected chi connectivity index (χ3v) is 2.64. The van der Waals surface area contributed by atoms with Gasteiger partial charge in [0.05, 0.1) is 11.9 Å². The average Bonchev–Trinajstić information content (AvgIpc) is 2.75. The second-order valence-electron chi connectivity index (χ2n) is 3.96. The number of aliphatic hydroxyl groups is 1. The summed E-state index contributed by atoms with van der Waals surface area (Å²) in [7, 11) is 0. The van der Waals surface area contributed by atoms with Crippen LogP contribution in [-0.2, 0) is 11.2 Å². The molecule has 3 N–H and O–H groups in total. The predicted molar refractivity (Wildman–Crippen MR) is 51.4 cm³/mol. The molecule has 5 heteroatoms. The molecule has 0 aliphatic carbocycles. The number of carboxylic acid groups (broad SMARTS) is 1. The van der Waals surface area contributed by atoms with E-state index in [9.17, 15) is 9.90 Å². The highest BCUT2D eigenvalue weighted by Crippen LogP contribution is 2.24. The summed E-state index contributed by atoms with van der Waals surface area (Å²) in [6.45, 7) is 0.282. The lowest BCUT2D eigenvalue weighted by atomic mass is 9.95. The monoisotopic (exact) mass is 211 g/mol. The van der Waals surface area contributed by atoms with Gasteiger partial charge in [0.1, 0.15) is 11.8 Å². The summed E-state index contributed by atoms with van der Waals surface area (Å²) in [5, 5.41) is 21.6. The molecule has 0 radical (unpaired) electrons. The van der Waals surface area contributed by atoms with Gasteiger partial charge in [0.2, 0.25) is 0 Å². The van der Waals surface area contributed by atoms with Gasteiger partial charge in [0.25, 0.3) is 0 Å². The van der Waals surface area contributed by atoms with Gasteiger partial charge >= 0.3 is 5.97 Å². The van der Waals surface area contributed by atoms with E-state index in [1.807, 2.05) is 0 Å². The van der Waals surface area contributed by atoms with Crippen molar-refractivity contribution in [1.29, 1.82) is 0 Å². The van der Waals surface area contributed by atoms with Crippen LogP contribution >= 0.6 is 0 Å². The lowest BCUT2D eigenvalue weighted by Crippen LogP contribution is -2.33. The van der Waals surface area contributed by atoms with Gasteiger partial charge in [-0.15, -0.1) is 0 Å². The minimum absolute atomic E-state index is 0.211. The van der Waals surface area contributed by atoms with Gasteiger partial charge < -0.3 is 19.9 Å². The molecular weight excluding hydrogens is 198 g/mol. The van der Waals surface area contributed by atoms with Crippen LogP contribution in [0, 0.1) is 0 Å². The van der Waals surface area contributed by atoms with Crippen molar-refractivity contribution < 1.29 is 19.4 Å². The van der Waals surface area contributed by atoms with E-state index in [1.54, 1.807) is 12.1 Å². The molecule has 82 valence electrons. The number of carboxylic acids is 1. The molecule has 1 aromatic heterocycles. The molecule has 1 saturated heterocycles. The molecule has 15 heavy (non-hydrogen) atoms. The number of β-amino-alcohol motifs (C(OH)–C–C–N with tert-alkyl or cyclic N) is 1. The van der Waals surface area contributed by atoms with Gasteiger partial charge in [-0.2, -0.15) is 0 Å². The Kier molecular flexibility index (Phi) is 2.50. The number of carbonyl (C=O) groups is 1. The lowest BCUT2D eigenvalue weighted by Gasteiger charge is -2.19. The first-order valence-corrected chi connectivity index (χ1v) is 4.80. The van der Waals surface area contributed by atoms with Crippen LogP contribution in [0.1, 0.15) is 12.2 Å². The van der Waals surface area contributed by atoms with E-state index in [4.69, 9.17) is 9.52 Å². The van der Waals surface area contributed by atoms with Crippen LogP contribution in [-0.4, -0.2) is 34.4 Å². The number of furan rings is 1. The topological polar surface area (TPSA) is 82.7 Å². The summed E-state index contributed by atoms with van der Waals surface area (Å²) in [5.74, 6) is -0.254. The molecule has 0 spiro atoms. The number of hydrogen-bond acceptors (Lipinski definition) is 4. The fraction of sp³-hybridized carbons (Fsp3) is 0.500. The first kappa shape index (κ1) is 10.2. The van der Waals surface area contributed by atoms with Gasteiger partial charge in [0.15, 0.2) is 0 Å². The largest absolute Gasteiger partial charge is 0.480 e. The normalized spacial score (nSPS) is 30.6. The van der Waals surface area contributed by atoms with E-state index in [-0.39, 0.29) is 13.0 Å². The Morgan fingerprint density at radius 1 is 1.73 bits per heavy atom. The molecule has 2 atom stereocenters. The smallest absolute Gasteiger partial charge is 0.320 e. The van der Waals surface area contributed by atoms with E-state index in [2.05, 4.69) is 5.32 Å². The van der Waals surface area contributed by atoms with Crippen molar-refractivity contribution in [1.82, 2.24) is 5.32 Å². The third kappa shape index (κ3) is 2.19. The highest BCUT2D eigenvalue weighted by molar-refractivity contribution is 5.74. The Morgan fingerprint density at radius 3 is 3.07 bits per heavy atom. The Bertz CT molecular complexity index is 348. The molecule has 1 fully saturated rings. The van der Waals surface area contributed by atoms with E-state index in [0.29, 0.717) is 12.2 Å². The fourth-order valence-corrected chi connectivity index (χ4v) is 1.88. The quantitative estimate of drug-likeness (QED) is 0.655. The molecule has 5 nitrogen and oxygen atoms in total. The van der Waals surface area contributed by atoms with E-state index in [0.717, 1.165) is 0 Å². The summed E-state index contributed by atoms with van der Waals surface area (Å²) in [4.78, 5) is 10.7. The zero-order valence-corrected chi connectivity index (χ0v) is 8.14. The average molecular weight is 211 g/mol. The molecule has 0 saturated carbocycles. The van der Waals surface area contributed by atoms with Crippen molar-refractivity contribution in [3.8, 4) is 0 Å². The molecule has 1 aliphatic heterocycles. The predicted octanol–water partition coefficient (Wildman–Crippen LogP) is -0.000300. The molecule has 2 rings (SSSR count). The summed E-state index contributed by atoms with van der Waals surface area (Å²) < 4.78 is 5.12. The van der Waals surface area contributed by atoms with Crippen LogP contribution < -0.4 is 5.32 Å². The van der Waals surface area contributed by atoms with Gasteiger partial charge in [-0.3, -0.25) is 4.79 Å². The summed E-state index contributed by atoms with van der Waals surface area (Å²) in [6, 6.07) is 2.85. The summed E-state index contributed by atoms with van der Waals surface area (Å²) in [6.07, 6.45) is 2.09. The molecule has 2 heterocycles. The van der Waals surface area contributed by atoms with Gasteiger partial charge in [-0.25, -0.2) is 0 Å². The number of aliphatic carboxylic acids is 1. The minimum atomic E-state index is -1.01. The molecule has 0 aromatic carbocycles. The SMILES string of the molecule is O=C(O)[C@@H]1CC(O)(Cc2ccco2)CN1. The molecule has 0 amide bonds. The van der Waals surface area contributed by atoms with Crippen LogP contribution in [0.4, 0.5) is 0 Å². The fourth-order valence-electron chi connectivity index (χ4n) is 1.88. The summed E-state index contributed by atoms with van der Waals surface area (Å²) >= 11 is 0. The van der Waals surface area contributed by atoms with Crippen molar-refractivity contribution in [3.05, 3.63) is 24.2 Å². The van der Waals surface area contributed by atoms with E-state index >= 15 is 0 Å².